The van der Waals surface area contributed by atoms with E-state index in [1.165, 1.54) is 23.1 Å². The fourth-order valence-corrected chi connectivity index (χ4v) is 1.13. The van der Waals surface area contributed by atoms with Gasteiger partial charge >= 0.3 is 0 Å². The first-order valence-corrected chi connectivity index (χ1v) is 5.41. The number of hydrogen-bond acceptors (Lipinski definition) is 0. The molecular weight excluding hydrogens is 168 g/mol. The molecule has 0 saturated carbocycles. The van der Waals surface area contributed by atoms with Crippen LogP contribution in [-0.2, 0) is 6.42 Å². The summed E-state index contributed by atoms with van der Waals surface area (Å²) in [7, 11) is 0. The van der Waals surface area contributed by atoms with Crippen LogP contribution in [0.3, 0.4) is 0 Å². The van der Waals surface area contributed by atoms with Crippen LogP contribution in [0.4, 0.5) is 0 Å². The fraction of sp³-hybridized carbons (Fsp3) is 0.429. The Hall–Kier alpha value is -1.04. The lowest BCUT2D eigenvalue weighted by Gasteiger charge is -2.02. The van der Waals surface area contributed by atoms with Gasteiger partial charge in [0.2, 0.25) is 0 Å². The van der Waals surface area contributed by atoms with Crippen molar-refractivity contribution in [2.24, 2.45) is 0 Å². The van der Waals surface area contributed by atoms with E-state index >= 15 is 0 Å². The lowest BCUT2D eigenvalue weighted by atomic mass is 10.0. The molecule has 1 aromatic carbocycles. The van der Waals surface area contributed by atoms with E-state index in [0.717, 1.165) is 6.42 Å². The van der Waals surface area contributed by atoms with Crippen LogP contribution in [0.15, 0.2) is 24.8 Å². The zero-order chi connectivity index (χ0) is 11.0. The molecule has 1 rings (SSSR count). The Kier molecular flexibility index (Phi) is 6.82. The van der Waals surface area contributed by atoms with E-state index in [2.05, 4.69) is 52.5 Å². The minimum atomic E-state index is 1.10. The van der Waals surface area contributed by atoms with Gasteiger partial charge in [-0.3, -0.25) is 0 Å². The first-order valence-electron chi connectivity index (χ1n) is 5.41. The molecule has 0 heterocycles. The molecule has 0 N–H and O–H groups in total. The third-order valence-electron chi connectivity index (χ3n) is 1.97. The van der Waals surface area contributed by atoms with Crippen LogP contribution >= 0.6 is 0 Å². The van der Waals surface area contributed by atoms with Crippen molar-refractivity contribution in [1.82, 2.24) is 0 Å². The molecule has 0 atom stereocenters. The van der Waals surface area contributed by atoms with Gasteiger partial charge in [0.25, 0.3) is 0 Å². The van der Waals surface area contributed by atoms with Crippen molar-refractivity contribution in [3.8, 4) is 0 Å². The number of hydrogen-bond donors (Lipinski definition) is 0. The van der Waals surface area contributed by atoms with Crippen molar-refractivity contribution in [2.45, 2.75) is 40.5 Å². The zero-order valence-electron chi connectivity index (χ0n) is 9.93. The second-order valence-electron chi connectivity index (χ2n) is 3.46. The highest BCUT2D eigenvalue weighted by atomic mass is 14.0. The molecule has 0 aliphatic carbocycles. The van der Waals surface area contributed by atoms with E-state index in [-0.39, 0.29) is 0 Å². The molecule has 0 aliphatic heterocycles. The highest BCUT2D eigenvalue weighted by Crippen LogP contribution is 2.12. The molecule has 0 amide bonds. The average molecular weight is 190 g/mol. The highest BCUT2D eigenvalue weighted by Gasteiger charge is 1.93. The van der Waals surface area contributed by atoms with Crippen LogP contribution in [0.2, 0.25) is 0 Å². The molecule has 78 valence electrons. The molecule has 0 nitrogen and oxygen atoms in total. The summed E-state index contributed by atoms with van der Waals surface area (Å²) in [6.07, 6.45) is 4.26. The van der Waals surface area contributed by atoms with Crippen molar-refractivity contribution < 1.29 is 0 Å². The second-order valence-corrected chi connectivity index (χ2v) is 3.46. The Morgan fingerprint density at radius 1 is 1.21 bits per heavy atom. The predicted octanol–water partition coefficient (Wildman–Crippen LogP) is 4.62. The minimum absolute atomic E-state index is 1.10. The van der Waals surface area contributed by atoms with Crippen molar-refractivity contribution in [3.63, 3.8) is 0 Å². The van der Waals surface area contributed by atoms with E-state index in [1.807, 2.05) is 6.08 Å². The molecule has 0 unspecified atom stereocenters. The summed E-state index contributed by atoms with van der Waals surface area (Å²) < 4.78 is 0. The second kappa shape index (κ2) is 7.37. The van der Waals surface area contributed by atoms with Crippen LogP contribution in [-0.4, -0.2) is 0 Å². The van der Waals surface area contributed by atoms with Gasteiger partial charge in [-0.2, -0.15) is 0 Å². The van der Waals surface area contributed by atoms with Gasteiger partial charge in [-0.1, -0.05) is 58.0 Å². The SMILES string of the molecule is C=Cc1cc(CC)ccc1C.CCC. The molecule has 0 aliphatic rings. The summed E-state index contributed by atoms with van der Waals surface area (Å²) in [6, 6.07) is 6.51. The van der Waals surface area contributed by atoms with Gasteiger partial charge in [0.05, 0.1) is 0 Å². The van der Waals surface area contributed by atoms with E-state index in [9.17, 15) is 0 Å². The van der Waals surface area contributed by atoms with E-state index < -0.39 is 0 Å². The fourth-order valence-electron chi connectivity index (χ4n) is 1.13. The summed E-state index contributed by atoms with van der Waals surface area (Å²) in [5.74, 6) is 0. The lowest BCUT2D eigenvalue weighted by Crippen LogP contribution is -1.84. The predicted molar refractivity (Wildman–Crippen MR) is 66.6 cm³/mol. The standard InChI is InChI=1S/C11H14.C3H8/c1-4-10-7-6-9(3)11(5-2)8-10;1-3-2/h5-8H,2,4H2,1,3H3;3H2,1-2H3. The van der Waals surface area contributed by atoms with Gasteiger partial charge in [-0.05, 0) is 30.0 Å². The van der Waals surface area contributed by atoms with Crippen molar-refractivity contribution in [1.29, 1.82) is 0 Å². The van der Waals surface area contributed by atoms with Gasteiger partial charge in [0.1, 0.15) is 0 Å². The lowest BCUT2D eigenvalue weighted by molar-refractivity contribution is 1.09. The van der Waals surface area contributed by atoms with E-state index in [0.29, 0.717) is 0 Å². The topological polar surface area (TPSA) is 0 Å². The monoisotopic (exact) mass is 190 g/mol. The van der Waals surface area contributed by atoms with Crippen LogP contribution < -0.4 is 0 Å². The molecule has 0 bridgehead atoms. The summed E-state index contributed by atoms with van der Waals surface area (Å²) in [5.41, 5.74) is 3.94. The Labute approximate surface area is 88.7 Å². The van der Waals surface area contributed by atoms with Crippen LogP contribution in [0, 0.1) is 6.92 Å². The molecule has 0 heteroatoms. The number of benzene rings is 1. The van der Waals surface area contributed by atoms with Gasteiger partial charge in [-0.25, -0.2) is 0 Å². The van der Waals surface area contributed by atoms with Crippen molar-refractivity contribution in [2.75, 3.05) is 0 Å². The smallest absolute Gasteiger partial charge is 0.0230 e. The third-order valence-corrected chi connectivity index (χ3v) is 1.97. The highest BCUT2D eigenvalue weighted by molar-refractivity contribution is 5.52. The van der Waals surface area contributed by atoms with E-state index in [4.69, 9.17) is 0 Å². The Morgan fingerprint density at radius 2 is 1.79 bits per heavy atom. The van der Waals surface area contributed by atoms with Crippen LogP contribution in [0.1, 0.15) is 43.9 Å². The molecule has 0 aromatic heterocycles. The molecule has 0 fully saturated rings. The van der Waals surface area contributed by atoms with Gasteiger partial charge in [0.15, 0.2) is 0 Å². The summed E-state index contributed by atoms with van der Waals surface area (Å²) in [5, 5.41) is 0. The number of rotatable bonds is 2. The number of aryl methyl sites for hydroxylation is 2. The van der Waals surface area contributed by atoms with Crippen molar-refractivity contribution >= 4 is 6.08 Å². The quantitative estimate of drug-likeness (QED) is 0.638. The van der Waals surface area contributed by atoms with E-state index in [1.54, 1.807) is 0 Å². The molecule has 0 radical (unpaired) electrons. The summed E-state index contributed by atoms with van der Waals surface area (Å²) in [4.78, 5) is 0. The maximum Gasteiger partial charge on any atom is -0.0230 e. The third kappa shape index (κ3) is 4.27. The molecule has 1 aromatic rings. The van der Waals surface area contributed by atoms with Gasteiger partial charge in [-0.15, -0.1) is 0 Å². The summed E-state index contributed by atoms with van der Waals surface area (Å²) >= 11 is 0. The Morgan fingerprint density at radius 3 is 2.21 bits per heavy atom. The van der Waals surface area contributed by atoms with Gasteiger partial charge < -0.3 is 0 Å². The molecule has 0 saturated heterocycles. The zero-order valence-corrected chi connectivity index (χ0v) is 9.93. The van der Waals surface area contributed by atoms with Crippen LogP contribution in [0.5, 0.6) is 0 Å². The van der Waals surface area contributed by atoms with Crippen molar-refractivity contribution in [3.05, 3.63) is 41.5 Å². The minimum Gasteiger partial charge on any atom is -0.0985 e. The van der Waals surface area contributed by atoms with Crippen LogP contribution in [0.25, 0.3) is 6.08 Å². The maximum atomic E-state index is 3.77. The first kappa shape index (κ1) is 13.0. The Bertz CT molecular complexity index is 271. The maximum absolute atomic E-state index is 3.77. The molecule has 0 spiro atoms. The Balaban J connectivity index is 0.000000500. The normalized spacial score (nSPS) is 8.86. The molecule has 14 heavy (non-hydrogen) atoms. The van der Waals surface area contributed by atoms with Gasteiger partial charge in [0, 0.05) is 0 Å². The average Bonchev–Trinajstić information content (AvgIpc) is 2.20. The molecular formula is C14H22. The largest absolute Gasteiger partial charge is 0.0985 e. The summed E-state index contributed by atoms with van der Waals surface area (Å²) in [6.45, 7) is 12.3. The first-order chi connectivity index (χ1) is 6.69.